The molecule has 2 aromatic rings. The number of H-pyrrole nitrogens is 1. The number of hydrogen-bond donors (Lipinski definition) is 3. The van der Waals surface area contributed by atoms with Gasteiger partial charge in [0.15, 0.2) is 5.03 Å². The van der Waals surface area contributed by atoms with Crippen LogP contribution in [0.2, 0.25) is 0 Å². The summed E-state index contributed by atoms with van der Waals surface area (Å²) in [6.45, 7) is 1.67. The van der Waals surface area contributed by atoms with Crippen LogP contribution in [0.4, 0.5) is 5.69 Å². The topological polar surface area (TPSA) is 101 Å². The Kier molecular flexibility index (Phi) is 4.11. The molecule has 2 rings (SSSR count). The number of imidazole rings is 1. The van der Waals surface area contributed by atoms with Gasteiger partial charge in [-0.15, -0.1) is 0 Å². The van der Waals surface area contributed by atoms with Crippen LogP contribution in [0, 0.1) is 6.92 Å². The van der Waals surface area contributed by atoms with Crippen LogP contribution < -0.4 is 10.5 Å². The molecule has 0 amide bonds. The second-order valence-corrected chi connectivity index (χ2v) is 7.00. The number of aromatic nitrogens is 2. The molecule has 0 spiro atoms. The molecule has 9 heteroatoms. The van der Waals surface area contributed by atoms with Crippen molar-refractivity contribution >= 4 is 48.8 Å². The highest BCUT2D eigenvalue weighted by Crippen LogP contribution is 2.24. The predicted molar refractivity (Wildman–Crippen MR) is 84.2 cm³/mol. The normalized spacial score (nSPS) is 11.3. The molecule has 0 saturated heterocycles. The molecule has 1 aromatic heterocycles. The van der Waals surface area contributed by atoms with Crippen LogP contribution in [0.5, 0.6) is 0 Å². The van der Waals surface area contributed by atoms with Gasteiger partial charge in [0.05, 0.1) is 11.9 Å². The summed E-state index contributed by atoms with van der Waals surface area (Å²) in [5, 5.41) is -0.0242. The van der Waals surface area contributed by atoms with Gasteiger partial charge in [0.25, 0.3) is 10.0 Å². The first-order valence-corrected chi connectivity index (χ1v) is 8.12. The number of rotatable bonds is 4. The zero-order valence-electron chi connectivity index (χ0n) is 10.3. The zero-order chi connectivity index (χ0) is 14.9. The fourth-order valence-electron chi connectivity index (χ4n) is 1.55. The molecule has 0 atom stereocenters. The monoisotopic (exact) mass is 374 g/mol. The van der Waals surface area contributed by atoms with E-state index in [2.05, 4.69) is 30.6 Å². The van der Waals surface area contributed by atoms with Crippen LogP contribution >= 0.6 is 28.1 Å². The van der Waals surface area contributed by atoms with Crippen molar-refractivity contribution in [2.24, 2.45) is 5.73 Å². The summed E-state index contributed by atoms with van der Waals surface area (Å²) in [6.07, 6.45) is 1.25. The van der Waals surface area contributed by atoms with Crippen molar-refractivity contribution in [1.29, 1.82) is 0 Å². The van der Waals surface area contributed by atoms with E-state index in [9.17, 15) is 8.42 Å². The quantitative estimate of drug-likeness (QED) is 0.709. The summed E-state index contributed by atoms with van der Waals surface area (Å²) in [5.74, 6) is 0.509. The lowest BCUT2D eigenvalue weighted by Gasteiger charge is -2.11. The second kappa shape index (κ2) is 5.51. The smallest absolute Gasteiger partial charge is 0.279 e. The molecule has 4 N–H and O–H groups in total. The molecule has 6 nitrogen and oxygen atoms in total. The number of nitrogens with one attached hydrogen (secondary N) is 2. The van der Waals surface area contributed by atoms with Crippen molar-refractivity contribution in [3.63, 3.8) is 0 Å². The number of thiocarbonyl (C=S) groups is 1. The minimum atomic E-state index is -3.77. The minimum Gasteiger partial charge on any atom is -0.389 e. The molecule has 0 fully saturated rings. The van der Waals surface area contributed by atoms with E-state index in [1.54, 1.807) is 25.1 Å². The number of sulfonamides is 1. The van der Waals surface area contributed by atoms with E-state index < -0.39 is 10.0 Å². The van der Waals surface area contributed by atoms with E-state index in [4.69, 9.17) is 18.0 Å². The van der Waals surface area contributed by atoms with Gasteiger partial charge in [0, 0.05) is 10.0 Å². The summed E-state index contributed by atoms with van der Waals surface area (Å²) < 4.78 is 27.6. The van der Waals surface area contributed by atoms with Crippen LogP contribution in [0.1, 0.15) is 11.4 Å². The number of nitrogens with zero attached hydrogens (tertiary/aromatic N) is 1. The van der Waals surface area contributed by atoms with E-state index in [1.807, 2.05) is 0 Å². The number of hydrogen-bond acceptors (Lipinski definition) is 4. The number of halogens is 1. The third-order valence-corrected chi connectivity index (χ3v) is 4.45. The lowest BCUT2D eigenvalue weighted by Crippen LogP contribution is -2.18. The average Bonchev–Trinajstić information content (AvgIpc) is 2.75. The van der Waals surface area contributed by atoms with Gasteiger partial charge in [-0.25, -0.2) is 4.98 Å². The Morgan fingerprint density at radius 2 is 2.20 bits per heavy atom. The Balaban J connectivity index is 2.44. The summed E-state index contributed by atoms with van der Waals surface area (Å²) in [4.78, 5) is 6.64. The van der Waals surface area contributed by atoms with Gasteiger partial charge in [-0.2, -0.15) is 8.42 Å². The lowest BCUT2D eigenvalue weighted by molar-refractivity contribution is 0.598. The molecule has 0 bridgehead atoms. The van der Waals surface area contributed by atoms with E-state index in [0.29, 0.717) is 21.5 Å². The molecule has 0 aliphatic carbocycles. The molecule has 0 aliphatic rings. The highest BCUT2D eigenvalue weighted by molar-refractivity contribution is 9.10. The fourth-order valence-corrected chi connectivity index (χ4v) is 3.13. The first-order valence-electron chi connectivity index (χ1n) is 5.43. The number of anilines is 1. The second-order valence-electron chi connectivity index (χ2n) is 3.99. The maximum atomic E-state index is 12.2. The Bertz CT molecular complexity index is 770. The highest BCUT2D eigenvalue weighted by atomic mass is 79.9. The van der Waals surface area contributed by atoms with Crippen LogP contribution in [-0.4, -0.2) is 23.4 Å². The van der Waals surface area contributed by atoms with Crippen molar-refractivity contribution in [1.82, 2.24) is 9.97 Å². The van der Waals surface area contributed by atoms with Crippen molar-refractivity contribution in [2.75, 3.05) is 4.72 Å². The fraction of sp³-hybridized carbons (Fsp3) is 0.0909. The van der Waals surface area contributed by atoms with E-state index in [1.165, 1.54) is 6.20 Å². The van der Waals surface area contributed by atoms with Gasteiger partial charge in [0.1, 0.15) is 10.8 Å². The summed E-state index contributed by atoms with van der Waals surface area (Å²) >= 11 is 8.18. The van der Waals surface area contributed by atoms with E-state index >= 15 is 0 Å². The Morgan fingerprint density at radius 1 is 1.50 bits per heavy atom. The molecule has 1 aromatic carbocycles. The van der Waals surface area contributed by atoms with Crippen molar-refractivity contribution < 1.29 is 8.42 Å². The first kappa shape index (κ1) is 14.9. The summed E-state index contributed by atoms with van der Waals surface area (Å²) in [7, 11) is -3.77. The molecule has 0 unspecified atom stereocenters. The molecular formula is C11H11BrN4O2S2. The molecule has 1 heterocycles. The van der Waals surface area contributed by atoms with Crippen LogP contribution in [0.15, 0.2) is 33.9 Å². The third kappa shape index (κ3) is 3.17. The molecule has 0 saturated carbocycles. The summed E-state index contributed by atoms with van der Waals surface area (Å²) in [6, 6.07) is 4.96. The molecule has 106 valence electrons. The molecule has 20 heavy (non-hydrogen) atoms. The largest absolute Gasteiger partial charge is 0.389 e. The van der Waals surface area contributed by atoms with Gasteiger partial charge in [-0.05, 0) is 25.1 Å². The van der Waals surface area contributed by atoms with Crippen molar-refractivity contribution in [2.45, 2.75) is 11.9 Å². The lowest BCUT2D eigenvalue weighted by atomic mass is 10.2. The van der Waals surface area contributed by atoms with Gasteiger partial charge < -0.3 is 10.7 Å². The Hall–Kier alpha value is -1.45. The number of nitrogens with two attached hydrogens (primary N) is 1. The standard InChI is InChI=1S/C11H11BrN4O2S2/c1-6-14-5-10(15-6)20(17,18)16-9-4-7(12)2-3-8(9)11(13)19/h2-5,16H,1H3,(H2,13,19)(H,14,15). The van der Waals surface area contributed by atoms with Crippen LogP contribution in [-0.2, 0) is 10.0 Å². The molecular weight excluding hydrogens is 364 g/mol. The zero-order valence-corrected chi connectivity index (χ0v) is 13.6. The average molecular weight is 375 g/mol. The first-order chi connectivity index (χ1) is 9.29. The Morgan fingerprint density at radius 3 is 2.75 bits per heavy atom. The van der Waals surface area contributed by atoms with Gasteiger partial charge in [0.2, 0.25) is 0 Å². The third-order valence-electron chi connectivity index (χ3n) is 2.46. The SMILES string of the molecule is Cc1ncc(S(=O)(=O)Nc2cc(Br)ccc2C(N)=S)[nH]1. The van der Waals surface area contributed by atoms with Crippen LogP contribution in [0.25, 0.3) is 0 Å². The van der Waals surface area contributed by atoms with Crippen molar-refractivity contribution in [3.05, 3.63) is 40.3 Å². The molecule has 0 aliphatic heterocycles. The number of aromatic amines is 1. The summed E-state index contributed by atoms with van der Waals surface area (Å²) in [5.41, 5.74) is 6.34. The minimum absolute atomic E-state index is 0.0242. The van der Waals surface area contributed by atoms with Gasteiger partial charge >= 0.3 is 0 Å². The Labute approximate surface area is 130 Å². The van der Waals surface area contributed by atoms with Gasteiger partial charge in [-0.3, -0.25) is 4.72 Å². The number of aryl methyl sites for hydroxylation is 1. The number of benzene rings is 1. The van der Waals surface area contributed by atoms with E-state index in [0.717, 1.165) is 0 Å². The van der Waals surface area contributed by atoms with Gasteiger partial charge in [-0.1, -0.05) is 28.1 Å². The van der Waals surface area contributed by atoms with E-state index in [-0.39, 0.29) is 10.0 Å². The maximum Gasteiger partial charge on any atom is 0.279 e. The van der Waals surface area contributed by atoms with Crippen molar-refractivity contribution in [3.8, 4) is 0 Å². The maximum absolute atomic E-state index is 12.2. The van der Waals surface area contributed by atoms with Crippen LogP contribution in [0.3, 0.4) is 0 Å². The predicted octanol–water partition coefficient (Wildman–Crippen LogP) is 1.92. The highest BCUT2D eigenvalue weighted by Gasteiger charge is 2.19. The molecule has 0 radical (unpaired) electrons.